The van der Waals surface area contributed by atoms with Crippen molar-refractivity contribution in [2.75, 3.05) is 26.8 Å². The van der Waals surface area contributed by atoms with Crippen LogP contribution in [-0.4, -0.2) is 59.9 Å². The Balaban J connectivity index is 1.12. The maximum atomic E-state index is 13.5. The molecule has 0 N–H and O–H groups in total. The van der Waals surface area contributed by atoms with E-state index in [0.29, 0.717) is 24.4 Å². The van der Waals surface area contributed by atoms with Gasteiger partial charge in [-0.1, -0.05) is 12.1 Å². The summed E-state index contributed by atoms with van der Waals surface area (Å²) in [6, 6.07) is 14.5. The summed E-state index contributed by atoms with van der Waals surface area (Å²) in [7, 11) is 1.52. The molecule has 1 unspecified atom stereocenters. The fraction of sp³-hybridized carbons (Fsp3) is 0.385. The summed E-state index contributed by atoms with van der Waals surface area (Å²) in [4.78, 5) is 13.8. The molecular weight excluding hydrogens is 494 g/mol. The van der Waals surface area contributed by atoms with Crippen molar-refractivity contribution in [3.8, 4) is 11.4 Å². The van der Waals surface area contributed by atoms with Gasteiger partial charge < -0.3 is 19.1 Å². The van der Waals surface area contributed by atoms with Gasteiger partial charge >= 0.3 is 12.3 Å². The molecule has 196 valence electrons. The number of nitrogens with zero attached hydrogens (tertiary/aromatic N) is 3. The maximum Gasteiger partial charge on any atom is 0.427 e. The molecule has 1 aliphatic carbocycles. The molecule has 2 fully saturated rings. The van der Waals surface area contributed by atoms with E-state index in [1.165, 1.54) is 24.1 Å². The predicted octanol–water partition coefficient (Wildman–Crippen LogP) is 4.95. The highest BCUT2D eigenvalue weighted by molar-refractivity contribution is 5.69. The highest BCUT2D eigenvalue weighted by Gasteiger charge is 2.59. The van der Waals surface area contributed by atoms with Crippen LogP contribution in [0, 0.1) is 17.7 Å². The topological polar surface area (TPSA) is 65.8 Å². The van der Waals surface area contributed by atoms with Crippen molar-refractivity contribution >= 4 is 6.09 Å². The van der Waals surface area contributed by atoms with Gasteiger partial charge in [0.05, 0.1) is 31.7 Å². The van der Waals surface area contributed by atoms with E-state index in [1.54, 1.807) is 47.3 Å². The number of benzene rings is 2. The van der Waals surface area contributed by atoms with Crippen molar-refractivity contribution in [1.29, 1.82) is 0 Å². The number of hydrogen-bond acceptors (Lipinski definition) is 5. The molecular formula is C26H25F4N3O4. The number of likely N-dealkylation sites (tertiary alicyclic amines) is 1. The number of amides is 1. The van der Waals surface area contributed by atoms with E-state index in [9.17, 15) is 22.4 Å². The molecule has 0 bridgehead atoms. The average Bonchev–Trinajstić information content (AvgIpc) is 3.21. The zero-order valence-corrected chi connectivity index (χ0v) is 19.9. The lowest BCUT2D eigenvalue weighted by Crippen LogP contribution is -2.42. The first kappa shape index (κ1) is 25.1. The van der Waals surface area contributed by atoms with E-state index in [0.717, 1.165) is 11.4 Å². The minimum absolute atomic E-state index is 0.0613. The second kappa shape index (κ2) is 10.0. The minimum Gasteiger partial charge on any atom is -0.497 e. The lowest BCUT2D eigenvalue weighted by Gasteiger charge is -2.25. The number of rotatable bonds is 8. The molecule has 1 aliphatic heterocycles. The summed E-state index contributed by atoms with van der Waals surface area (Å²) in [5, 5.41) is 4.56. The zero-order chi connectivity index (χ0) is 26.2. The van der Waals surface area contributed by atoms with Crippen molar-refractivity contribution in [2.24, 2.45) is 11.8 Å². The smallest absolute Gasteiger partial charge is 0.427 e. The van der Waals surface area contributed by atoms with Crippen molar-refractivity contribution < 1.29 is 36.6 Å². The Morgan fingerprint density at radius 3 is 2.35 bits per heavy atom. The molecule has 0 radical (unpaired) electrons. The Bertz CT molecular complexity index is 1220. The van der Waals surface area contributed by atoms with Gasteiger partial charge in [-0.25, -0.2) is 13.9 Å². The predicted molar refractivity (Wildman–Crippen MR) is 124 cm³/mol. The fourth-order valence-electron chi connectivity index (χ4n) is 4.76. The summed E-state index contributed by atoms with van der Waals surface area (Å²) < 4.78 is 70.4. The molecule has 37 heavy (non-hydrogen) atoms. The van der Waals surface area contributed by atoms with Gasteiger partial charge in [0.2, 0.25) is 6.10 Å². The second-order valence-corrected chi connectivity index (χ2v) is 9.20. The Labute approximate surface area is 210 Å². The molecule has 2 heterocycles. The Hall–Kier alpha value is -3.60. The van der Waals surface area contributed by atoms with Crippen molar-refractivity contribution in [3.05, 3.63) is 77.9 Å². The first-order valence-electron chi connectivity index (χ1n) is 11.8. The number of piperidine rings is 1. The Morgan fingerprint density at radius 2 is 1.73 bits per heavy atom. The second-order valence-electron chi connectivity index (χ2n) is 9.20. The quantitative estimate of drug-likeness (QED) is 0.394. The van der Waals surface area contributed by atoms with Gasteiger partial charge in [0.15, 0.2) is 0 Å². The van der Waals surface area contributed by atoms with E-state index >= 15 is 0 Å². The number of methoxy groups -OCH3 is 1. The number of ether oxygens (including phenoxy) is 3. The van der Waals surface area contributed by atoms with E-state index in [1.807, 2.05) is 6.07 Å². The van der Waals surface area contributed by atoms with Gasteiger partial charge in [-0.3, -0.25) is 0 Å². The summed E-state index contributed by atoms with van der Waals surface area (Å²) in [6.45, 7) is -0.261. The molecule has 7 nitrogen and oxygen atoms in total. The summed E-state index contributed by atoms with van der Waals surface area (Å²) in [6.07, 6.45) is -6.34. The van der Waals surface area contributed by atoms with Gasteiger partial charge in [-0.05, 0) is 59.9 Å². The Kier molecular flexibility index (Phi) is 6.80. The van der Waals surface area contributed by atoms with Crippen LogP contribution in [0.2, 0.25) is 0 Å². The molecule has 5 rings (SSSR count). The third kappa shape index (κ3) is 5.56. The van der Waals surface area contributed by atoms with Crippen LogP contribution in [0.1, 0.15) is 17.2 Å². The zero-order valence-electron chi connectivity index (χ0n) is 19.9. The van der Waals surface area contributed by atoms with Crippen molar-refractivity contribution in [2.45, 2.75) is 24.8 Å². The highest BCUT2D eigenvalue weighted by Crippen LogP contribution is 2.57. The van der Waals surface area contributed by atoms with Crippen LogP contribution in [0.15, 0.2) is 60.8 Å². The van der Waals surface area contributed by atoms with Crippen LogP contribution in [0.4, 0.5) is 22.4 Å². The molecule has 0 spiro atoms. The monoisotopic (exact) mass is 519 g/mol. The molecule has 1 saturated heterocycles. The van der Waals surface area contributed by atoms with Crippen LogP contribution in [0.25, 0.3) is 5.69 Å². The summed E-state index contributed by atoms with van der Waals surface area (Å²) in [5.41, 5.74) is 2.23. The van der Waals surface area contributed by atoms with E-state index in [-0.39, 0.29) is 30.2 Å². The van der Waals surface area contributed by atoms with E-state index < -0.39 is 25.0 Å². The van der Waals surface area contributed by atoms with Gasteiger partial charge in [0, 0.05) is 25.2 Å². The molecule has 1 aromatic heterocycles. The molecule has 2 aromatic carbocycles. The number of carbonyl (C=O) groups excluding carboxylic acids is 1. The number of aromatic nitrogens is 2. The largest absolute Gasteiger partial charge is 0.497 e. The maximum absolute atomic E-state index is 13.5. The normalized spacial score (nSPS) is 21.4. The van der Waals surface area contributed by atoms with E-state index in [2.05, 4.69) is 5.10 Å². The first-order valence-corrected chi connectivity index (χ1v) is 11.8. The molecule has 11 heteroatoms. The van der Waals surface area contributed by atoms with Gasteiger partial charge in [0.25, 0.3) is 0 Å². The van der Waals surface area contributed by atoms with Crippen molar-refractivity contribution in [1.82, 2.24) is 14.7 Å². The van der Waals surface area contributed by atoms with Crippen LogP contribution in [0.3, 0.4) is 0 Å². The Morgan fingerprint density at radius 1 is 1.05 bits per heavy atom. The number of halogens is 4. The third-order valence-electron chi connectivity index (χ3n) is 6.80. The molecule has 4 atom stereocenters. The first-order chi connectivity index (χ1) is 17.7. The van der Waals surface area contributed by atoms with Crippen LogP contribution in [0.5, 0.6) is 5.75 Å². The van der Waals surface area contributed by atoms with Crippen molar-refractivity contribution in [3.63, 3.8) is 0 Å². The number of alkyl halides is 3. The average molecular weight is 519 g/mol. The van der Waals surface area contributed by atoms with Crippen LogP contribution < -0.4 is 4.74 Å². The number of hydrogen-bond donors (Lipinski definition) is 0. The van der Waals surface area contributed by atoms with Gasteiger partial charge in [-0.2, -0.15) is 18.3 Å². The minimum atomic E-state index is -4.76. The summed E-state index contributed by atoms with van der Waals surface area (Å²) >= 11 is 0. The third-order valence-corrected chi connectivity index (χ3v) is 6.80. The summed E-state index contributed by atoms with van der Waals surface area (Å²) in [5.74, 6) is 0.630. The SMILES string of the molecule is COc1ccc(COC[C@@H](OC(=O)N2C[C@@H]3C(c4ccn(-c5ccc(F)cc5)n4)[C@@H]3C2)C(F)(F)F)cc1. The van der Waals surface area contributed by atoms with Gasteiger partial charge in [0.1, 0.15) is 11.6 Å². The van der Waals surface area contributed by atoms with Crippen LogP contribution >= 0.6 is 0 Å². The number of carbonyl (C=O) groups is 1. The fourth-order valence-corrected chi connectivity index (χ4v) is 4.76. The molecule has 3 aromatic rings. The number of fused-ring (bicyclic) bond motifs is 1. The molecule has 1 amide bonds. The standard InChI is InChI=1S/C26H25F4N3O4/c1-35-19-8-2-16(3-9-19)14-36-15-23(26(28,29)30)37-25(34)32-12-20-21(13-32)24(20)22-10-11-33(31-22)18-6-4-17(27)5-7-18/h2-11,20-21,23-24H,12-15H2,1H3/t20-,21+,23-,24?/m1/s1. The molecule has 2 aliphatic rings. The van der Waals surface area contributed by atoms with Crippen LogP contribution in [-0.2, 0) is 16.1 Å². The lowest BCUT2D eigenvalue weighted by atomic mass is 10.2. The lowest BCUT2D eigenvalue weighted by molar-refractivity contribution is -0.219. The highest BCUT2D eigenvalue weighted by atomic mass is 19.4. The van der Waals surface area contributed by atoms with Gasteiger partial charge in [-0.15, -0.1) is 0 Å². The van der Waals surface area contributed by atoms with E-state index in [4.69, 9.17) is 14.2 Å². The molecule has 1 saturated carbocycles.